The number of benzene rings is 2. The molecule has 0 saturated heterocycles. The van der Waals surface area contributed by atoms with Gasteiger partial charge in [0.1, 0.15) is 5.82 Å². The molecular formula is C19H19F4NO2S. The normalized spacial score (nSPS) is 17.2. The Hall–Kier alpha value is -1.93. The van der Waals surface area contributed by atoms with E-state index < -0.39 is 38.9 Å². The summed E-state index contributed by atoms with van der Waals surface area (Å²) in [6.07, 6.45) is -1.80. The zero-order valence-corrected chi connectivity index (χ0v) is 15.2. The lowest BCUT2D eigenvalue weighted by atomic mass is 9.89. The molecule has 8 heteroatoms. The highest BCUT2D eigenvalue weighted by Crippen LogP contribution is 2.39. The number of sulfonamides is 1. The largest absolute Gasteiger partial charge is 0.416 e. The summed E-state index contributed by atoms with van der Waals surface area (Å²) >= 11 is 0. The van der Waals surface area contributed by atoms with Crippen LogP contribution in [0, 0.1) is 5.82 Å². The lowest BCUT2D eigenvalue weighted by Gasteiger charge is -2.30. The van der Waals surface area contributed by atoms with E-state index in [0.717, 1.165) is 25.0 Å². The fourth-order valence-corrected chi connectivity index (χ4v) is 5.20. The van der Waals surface area contributed by atoms with E-state index >= 15 is 0 Å². The molecule has 0 aromatic heterocycles. The Morgan fingerprint density at radius 2 is 1.63 bits per heavy atom. The molecule has 0 bridgehead atoms. The van der Waals surface area contributed by atoms with Crippen molar-refractivity contribution in [2.45, 2.75) is 43.2 Å². The average molecular weight is 401 g/mol. The highest BCUT2D eigenvalue weighted by molar-refractivity contribution is 7.88. The predicted molar refractivity (Wildman–Crippen MR) is 93.7 cm³/mol. The quantitative estimate of drug-likeness (QED) is 0.736. The third kappa shape index (κ3) is 4.68. The number of halogens is 4. The molecule has 1 aliphatic rings. The number of rotatable bonds is 5. The van der Waals surface area contributed by atoms with E-state index in [1.54, 1.807) is 12.1 Å². The molecule has 0 radical (unpaired) electrons. The lowest BCUT2D eigenvalue weighted by Crippen LogP contribution is -2.44. The first-order chi connectivity index (χ1) is 12.6. The van der Waals surface area contributed by atoms with Crippen molar-refractivity contribution in [1.29, 1.82) is 0 Å². The molecule has 0 heterocycles. The summed E-state index contributed by atoms with van der Waals surface area (Å²) in [6, 6.07) is 9.94. The first-order valence-corrected chi connectivity index (χ1v) is 10.2. The second-order valence-electron chi connectivity index (χ2n) is 6.86. The maximum Gasteiger partial charge on any atom is 0.416 e. The third-order valence-corrected chi connectivity index (χ3v) is 6.23. The number of nitrogens with one attached hydrogen (secondary N) is 1. The summed E-state index contributed by atoms with van der Waals surface area (Å²) in [5.41, 5.74) is -1.02. The van der Waals surface area contributed by atoms with E-state index in [1.807, 2.05) is 0 Å². The van der Waals surface area contributed by atoms with Gasteiger partial charge in [0.2, 0.25) is 10.0 Å². The molecule has 1 N–H and O–H groups in total. The molecule has 0 unspecified atom stereocenters. The van der Waals surface area contributed by atoms with Crippen molar-refractivity contribution >= 4 is 10.0 Å². The second kappa shape index (κ2) is 7.24. The molecule has 3 nitrogen and oxygen atoms in total. The second-order valence-corrected chi connectivity index (χ2v) is 8.58. The Bertz CT molecular complexity index is 902. The van der Waals surface area contributed by atoms with Crippen molar-refractivity contribution in [3.63, 3.8) is 0 Å². The van der Waals surface area contributed by atoms with Crippen molar-refractivity contribution in [3.8, 4) is 0 Å². The van der Waals surface area contributed by atoms with Gasteiger partial charge in [-0.05, 0) is 42.2 Å². The first-order valence-electron chi connectivity index (χ1n) is 8.54. The summed E-state index contributed by atoms with van der Waals surface area (Å²) < 4.78 is 79.8. The predicted octanol–water partition coefficient (Wildman–Crippen LogP) is 4.73. The van der Waals surface area contributed by atoms with Crippen LogP contribution in [-0.4, -0.2) is 8.42 Å². The van der Waals surface area contributed by atoms with Crippen molar-refractivity contribution < 1.29 is 26.0 Å². The fourth-order valence-electron chi connectivity index (χ4n) is 3.59. The monoisotopic (exact) mass is 401 g/mol. The van der Waals surface area contributed by atoms with E-state index in [9.17, 15) is 26.0 Å². The van der Waals surface area contributed by atoms with E-state index in [1.165, 1.54) is 24.3 Å². The van der Waals surface area contributed by atoms with E-state index in [0.29, 0.717) is 18.4 Å². The fraction of sp³-hybridized carbons (Fsp3) is 0.368. The summed E-state index contributed by atoms with van der Waals surface area (Å²) in [7, 11) is -3.91. The Morgan fingerprint density at radius 3 is 2.22 bits per heavy atom. The molecule has 146 valence electrons. The summed E-state index contributed by atoms with van der Waals surface area (Å²) in [5.74, 6) is -0.974. The standard InChI is InChI=1S/C19H19F4NO2S/c20-17-8-6-15(7-9-17)18(10-1-2-11-18)24-27(25,26)13-14-4-3-5-16(12-14)19(21,22)23/h3-9,12,24H,1-2,10-11,13H2. The van der Waals surface area contributed by atoms with Gasteiger partial charge in [0.15, 0.2) is 0 Å². The van der Waals surface area contributed by atoms with E-state index in [2.05, 4.69) is 4.72 Å². The smallest absolute Gasteiger partial charge is 0.212 e. The topological polar surface area (TPSA) is 46.2 Å². The molecule has 0 atom stereocenters. The molecule has 1 aliphatic carbocycles. The van der Waals surface area contributed by atoms with Crippen LogP contribution in [0.15, 0.2) is 48.5 Å². The number of hydrogen-bond donors (Lipinski definition) is 1. The zero-order chi connectivity index (χ0) is 19.7. The van der Waals surface area contributed by atoms with Gasteiger partial charge in [-0.15, -0.1) is 0 Å². The molecule has 1 saturated carbocycles. The van der Waals surface area contributed by atoms with Crippen LogP contribution in [0.2, 0.25) is 0 Å². The summed E-state index contributed by atoms with van der Waals surface area (Å²) in [6.45, 7) is 0. The zero-order valence-electron chi connectivity index (χ0n) is 14.4. The highest BCUT2D eigenvalue weighted by Gasteiger charge is 2.39. The molecule has 2 aromatic carbocycles. The Labute approximate surface area is 155 Å². The van der Waals surface area contributed by atoms with Gasteiger partial charge in [-0.25, -0.2) is 17.5 Å². The van der Waals surface area contributed by atoms with Gasteiger partial charge in [0.05, 0.1) is 16.9 Å². The van der Waals surface area contributed by atoms with Crippen LogP contribution < -0.4 is 4.72 Å². The lowest BCUT2D eigenvalue weighted by molar-refractivity contribution is -0.137. The summed E-state index contributed by atoms with van der Waals surface area (Å²) in [4.78, 5) is 0. The Morgan fingerprint density at radius 1 is 1.00 bits per heavy atom. The minimum atomic E-state index is -4.53. The molecule has 3 rings (SSSR count). The minimum absolute atomic E-state index is 0.0598. The van der Waals surface area contributed by atoms with Crippen LogP contribution in [0.4, 0.5) is 17.6 Å². The van der Waals surface area contributed by atoms with Gasteiger partial charge in [-0.3, -0.25) is 0 Å². The van der Waals surface area contributed by atoms with Crippen LogP contribution in [0.1, 0.15) is 42.4 Å². The van der Waals surface area contributed by atoms with Gasteiger partial charge in [0.25, 0.3) is 0 Å². The maximum atomic E-state index is 13.2. The van der Waals surface area contributed by atoms with Crippen molar-refractivity contribution in [2.75, 3.05) is 0 Å². The van der Waals surface area contributed by atoms with Crippen molar-refractivity contribution in [3.05, 3.63) is 71.0 Å². The average Bonchev–Trinajstić information content (AvgIpc) is 3.03. The van der Waals surface area contributed by atoms with Crippen molar-refractivity contribution in [1.82, 2.24) is 4.72 Å². The number of hydrogen-bond acceptors (Lipinski definition) is 2. The van der Waals surface area contributed by atoms with Gasteiger partial charge in [-0.2, -0.15) is 13.2 Å². The molecule has 0 aliphatic heterocycles. The molecule has 2 aromatic rings. The van der Waals surface area contributed by atoms with E-state index in [-0.39, 0.29) is 5.56 Å². The Kier molecular flexibility index (Phi) is 5.31. The van der Waals surface area contributed by atoms with Crippen LogP contribution in [0.5, 0.6) is 0 Å². The third-order valence-electron chi connectivity index (χ3n) is 4.82. The molecular weight excluding hydrogens is 382 g/mol. The van der Waals surface area contributed by atoms with E-state index in [4.69, 9.17) is 0 Å². The molecule has 1 fully saturated rings. The summed E-state index contributed by atoms with van der Waals surface area (Å²) in [5, 5.41) is 0. The van der Waals surface area contributed by atoms with Gasteiger partial charge >= 0.3 is 6.18 Å². The number of alkyl halides is 3. The van der Waals surface area contributed by atoms with Crippen LogP contribution in [-0.2, 0) is 27.5 Å². The van der Waals surface area contributed by atoms with Gasteiger partial charge < -0.3 is 0 Å². The first kappa shape index (κ1) is 19.8. The van der Waals surface area contributed by atoms with Gasteiger partial charge in [0, 0.05) is 0 Å². The maximum absolute atomic E-state index is 13.2. The van der Waals surface area contributed by atoms with Crippen LogP contribution in [0.3, 0.4) is 0 Å². The Balaban J connectivity index is 1.85. The molecule has 0 amide bonds. The molecule has 27 heavy (non-hydrogen) atoms. The van der Waals surface area contributed by atoms with Crippen LogP contribution in [0.25, 0.3) is 0 Å². The SMILES string of the molecule is O=S(=O)(Cc1cccc(C(F)(F)F)c1)NC1(c2ccc(F)cc2)CCCC1. The minimum Gasteiger partial charge on any atom is -0.212 e. The van der Waals surface area contributed by atoms with Gasteiger partial charge in [-0.1, -0.05) is 43.2 Å². The molecule has 0 spiro atoms. The van der Waals surface area contributed by atoms with Crippen molar-refractivity contribution in [2.24, 2.45) is 0 Å². The highest BCUT2D eigenvalue weighted by atomic mass is 32.2. The van der Waals surface area contributed by atoms with Crippen LogP contribution >= 0.6 is 0 Å².